The average molecular weight is 511 g/mol. The predicted molar refractivity (Wildman–Crippen MR) is 145 cm³/mol. The smallest absolute Gasteiger partial charge is 0.306 e. The number of nitrogens with one attached hydrogen (secondary N) is 1. The minimum Gasteiger partial charge on any atom is -0.456 e. The Morgan fingerprint density at radius 1 is 0.806 bits per heavy atom. The molecule has 0 radical (unpaired) electrons. The lowest BCUT2D eigenvalue weighted by Gasteiger charge is -2.22. The zero-order valence-electron chi connectivity index (χ0n) is 23.1. The second-order valence-corrected chi connectivity index (χ2v) is 10.4. The van der Waals surface area contributed by atoms with Crippen LogP contribution in [0.2, 0.25) is 0 Å². The van der Waals surface area contributed by atoms with Crippen molar-refractivity contribution in [3.05, 3.63) is 0 Å². The number of amides is 2. The minimum absolute atomic E-state index is 0.0102. The second-order valence-electron chi connectivity index (χ2n) is 10.4. The fourth-order valence-corrected chi connectivity index (χ4v) is 4.86. The highest BCUT2D eigenvalue weighted by Gasteiger charge is 2.27. The van der Waals surface area contributed by atoms with Crippen molar-refractivity contribution < 1.29 is 24.2 Å². The number of carbonyl (C=O) groups is 3. The predicted octanol–water partition coefficient (Wildman–Crippen LogP) is 5.67. The summed E-state index contributed by atoms with van der Waals surface area (Å²) in [4.78, 5) is 37.7. The molecule has 7 nitrogen and oxygen atoms in total. The van der Waals surface area contributed by atoms with E-state index in [2.05, 4.69) is 12.2 Å². The molecule has 7 heteroatoms. The van der Waals surface area contributed by atoms with Gasteiger partial charge in [0, 0.05) is 25.9 Å². The van der Waals surface area contributed by atoms with E-state index in [1.54, 1.807) is 4.90 Å². The average Bonchev–Trinajstić information content (AvgIpc) is 3.36. The number of rotatable bonds is 23. The van der Waals surface area contributed by atoms with Gasteiger partial charge in [-0.15, -0.1) is 0 Å². The lowest BCUT2D eigenvalue weighted by molar-refractivity contribution is -0.148. The van der Waals surface area contributed by atoms with Crippen LogP contribution in [-0.4, -0.2) is 60.1 Å². The van der Waals surface area contributed by atoms with Crippen LogP contribution in [0.1, 0.15) is 135 Å². The number of hydrogen-bond acceptors (Lipinski definition) is 5. The molecule has 36 heavy (non-hydrogen) atoms. The Bertz CT molecular complexity index is 584. The largest absolute Gasteiger partial charge is 0.456 e. The maximum atomic E-state index is 12.2. The number of unbranched alkanes of at least 4 members (excludes halogenated alkanes) is 14. The molecule has 0 aromatic heterocycles. The van der Waals surface area contributed by atoms with Crippen LogP contribution in [-0.2, 0) is 19.1 Å². The topological polar surface area (TPSA) is 95.9 Å². The van der Waals surface area contributed by atoms with Gasteiger partial charge in [0.15, 0.2) is 6.61 Å². The third kappa shape index (κ3) is 16.9. The van der Waals surface area contributed by atoms with Crippen LogP contribution in [0.15, 0.2) is 0 Å². The van der Waals surface area contributed by atoms with E-state index in [1.165, 1.54) is 64.2 Å². The number of aliphatic hydroxyl groups is 1. The summed E-state index contributed by atoms with van der Waals surface area (Å²) < 4.78 is 5.08. The summed E-state index contributed by atoms with van der Waals surface area (Å²) in [5, 5.41) is 12.1. The lowest BCUT2D eigenvalue weighted by Crippen LogP contribution is -2.37. The molecule has 2 N–H and O–H groups in total. The van der Waals surface area contributed by atoms with Crippen LogP contribution >= 0.6 is 0 Å². The highest BCUT2D eigenvalue weighted by molar-refractivity contribution is 5.80. The van der Waals surface area contributed by atoms with Crippen molar-refractivity contribution in [2.24, 2.45) is 0 Å². The van der Waals surface area contributed by atoms with Gasteiger partial charge in [-0.05, 0) is 32.1 Å². The van der Waals surface area contributed by atoms with E-state index >= 15 is 0 Å². The van der Waals surface area contributed by atoms with E-state index in [1.807, 2.05) is 0 Å². The number of esters is 1. The van der Waals surface area contributed by atoms with Crippen molar-refractivity contribution in [2.75, 3.05) is 26.3 Å². The summed E-state index contributed by atoms with van der Waals surface area (Å²) in [6.07, 6.45) is 21.6. The standard InChI is InChI=1S/C29H54N2O5/c1-2-3-4-5-6-7-8-9-10-11-12-13-16-21-29(35)36-25-27(33)30-22-17-14-15-20-28(34)31-23-18-19-26(31)24-32/h26,32H,2-25H2,1H3,(H,30,33)/t26-/m0/s1. The molecule has 1 rings (SSSR count). The molecule has 210 valence electrons. The number of carbonyl (C=O) groups excluding carboxylic acids is 3. The highest BCUT2D eigenvalue weighted by Crippen LogP contribution is 2.18. The summed E-state index contributed by atoms with van der Waals surface area (Å²) in [6.45, 7) is 3.35. The summed E-state index contributed by atoms with van der Waals surface area (Å²) in [6, 6.07) is -0.0102. The Morgan fingerprint density at radius 3 is 1.97 bits per heavy atom. The third-order valence-electron chi connectivity index (χ3n) is 7.15. The molecule has 2 amide bonds. The molecule has 0 aliphatic carbocycles. The van der Waals surface area contributed by atoms with E-state index < -0.39 is 0 Å². The van der Waals surface area contributed by atoms with Gasteiger partial charge in [0.05, 0.1) is 12.6 Å². The number of likely N-dealkylation sites (tertiary alicyclic amines) is 1. The van der Waals surface area contributed by atoms with E-state index in [0.717, 1.165) is 57.9 Å². The van der Waals surface area contributed by atoms with Crippen LogP contribution < -0.4 is 5.32 Å². The van der Waals surface area contributed by atoms with Gasteiger partial charge in [-0.25, -0.2) is 0 Å². The first-order chi connectivity index (χ1) is 17.6. The van der Waals surface area contributed by atoms with Gasteiger partial charge in [-0.3, -0.25) is 14.4 Å². The molecule has 0 unspecified atom stereocenters. The molecule has 1 atom stereocenters. The lowest BCUT2D eigenvalue weighted by atomic mass is 10.0. The Balaban J connectivity index is 1.85. The van der Waals surface area contributed by atoms with Gasteiger partial charge in [0.1, 0.15) is 0 Å². The summed E-state index contributed by atoms with van der Waals surface area (Å²) in [5.74, 6) is -0.450. The normalized spacial score (nSPS) is 15.3. The van der Waals surface area contributed by atoms with Crippen molar-refractivity contribution >= 4 is 17.8 Å². The van der Waals surface area contributed by atoms with Crippen molar-refractivity contribution in [3.63, 3.8) is 0 Å². The molecule has 0 aromatic rings. The monoisotopic (exact) mass is 510 g/mol. The third-order valence-corrected chi connectivity index (χ3v) is 7.15. The van der Waals surface area contributed by atoms with Crippen LogP contribution in [0.5, 0.6) is 0 Å². The van der Waals surface area contributed by atoms with Crippen LogP contribution in [0, 0.1) is 0 Å². The van der Waals surface area contributed by atoms with Crippen LogP contribution in [0.25, 0.3) is 0 Å². The first kappa shape index (κ1) is 32.4. The Labute approximate surface area is 220 Å². The first-order valence-corrected chi connectivity index (χ1v) is 14.9. The maximum Gasteiger partial charge on any atom is 0.306 e. The molecule has 1 saturated heterocycles. The molecule has 1 aliphatic heterocycles. The summed E-state index contributed by atoms with van der Waals surface area (Å²) >= 11 is 0. The number of aliphatic hydroxyl groups excluding tert-OH is 1. The number of hydrogen-bond donors (Lipinski definition) is 2. The molecule has 0 bridgehead atoms. The van der Waals surface area contributed by atoms with E-state index in [0.29, 0.717) is 19.4 Å². The molecular weight excluding hydrogens is 456 g/mol. The zero-order valence-corrected chi connectivity index (χ0v) is 23.1. The summed E-state index contributed by atoms with van der Waals surface area (Å²) in [5.41, 5.74) is 0. The quantitative estimate of drug-likeness (QED) is 0.136. The van der Waals surface area contributed by atoms with Crippen molar-refractivity contribution in [1.29, 1.82) is 0 Å². The van der Waals surface area contributed by atoms with Crippen LogP contribution in [0.3, 0.4) is 0 Å². The fourth-order valence-electron chi connectivity index (χ4n) is 4.86. The SMILES string of the molecule is CCCCCCCCCCCCCCCC(=O)OCC(=O)NCCCCCC(=O)N1CCC[C@H]1CO. The minimum atomic E-state index is -0.296. The fraction of sp³-hybridized carbons (Fsp3) is 0.897. The highest BCUT2D eigenvalue weighted by atomic mass is 16.5. The van der Waals surface area contributed by atoms with Crippen molar-refractivity contribution in [1.82, 2.24) is 10.2 Å². The first-order valence-electron chi connectivity index (χ1n) is 14.9. The Hall–Kier alpha value is -1.63. The molecule has 1 fully saturated rings. The number of ether oxygens (including phenoxy) is 1. The van der Waals surface area contributed by atoms with Gasteiger partial charge in [-0.2, -0.15) is 0 Å². The Morgan fingerprint density at radius 2 is 1.36 bits per heavy atom. The van der Waals surface area contributed by atoms with Gasteiger partial charge < -0.3 is 20.1 Å². The maximum absolute atomic E-state index is 12.2. The molecular formula is C29H54N2O5. The molecule has 1 heterocycles. The van der Waals surface area contributed by atoms with E-state index in [9.17, 15) is 19.5 Å². The van der Waals surface area contributed by atoms with Crippen LogP contribution in [0.4, 0.5) is 0 Å². The number of nitrogens with zero attached hydrogens (tertiary/aromatic N) is 1. The second kappa shape index (κ2) is 22.6. The van der Waals surface area contributed by atoms with E-state index in [-0.39, 0.29) is 37.0 Å². The van der Waals surface area contributed by atoms with Gasteiger partial charge >= 0.3 is 5.97 Å². The zero-order chi connectivity index (χ0) is 26.3. The van der Waals surface area contributed by atoms with Gasteiger partial charge in [0.25, 0.3) is 5.91 Å². The molecule has 1 aliphatic rings. The summed E-state index contributed by atoms with van der Waals surface area (Å²) in [7, 11) is 0. The van der Waals surface area contributed by atoms with Gasteiger partial charge in [0.2, 0.25) is 5.91 Å². The Kier molecular flexibility index (Phi) is 20.3. The van der Waals surface area contributed by atoms with Crippen molar-refractivity contribution in [2.45, 2.75) is 141 Å². The van der Waals surface area contributed by atoms with E-state index in [4.69, 9.17) is 4.74 Å². The van der Waals surface area contributed by atoms with Crippen molar-refractivity contribution in [3.8, 4) is 0 Å². The van der Waals surface area contributed by atoms with Gasteiger partial charge in [-0.1, -0.05) is 90.4 Å². The molecule has 0 aromatic carbocycles. The molecule has 0 spiro atoms. The molecule has 0 saturated carbocycles.